The van der Waals surface area contributed by atoms with Crippen LogP contribution in [0.25, 0.3) is 0 Å². The van der Waals surface area contributed by atoms with Crippen molar-refractivity contribution >= 4 is 0 Å². The molecule has 0 aromatic rings. The number of hydrogen-bond donors (Lipinski definition) is 1. The summed E-state index contributed by atoms with van der Waals surface area (Å²) in [5.41, 5.74) is 1.49. The number of ether oxygens (including phenoxy) is 1. The number of morpholine rings is 1. The largest absolute Gasteiger partial charge is 0.379 e. The molecule has 0 spiro atoms. The molecule has 0 aliphatic carbocycles. The summed E-state index contributed by atoms with van der Waals surface area (Å²) in [7, 11) is 0. The molecule has 0 radical (unpaired) electrons. The van der Waals surface area contributed by atoms with Gasteiger partial charge in [0.1, 0.15) is 0 Å². The molecule has 0 aromatic heterocycles. The highest BCUT2D eigenvalue weighted by molar-refractivity contribution is 5.04. The fraction of sp³-hybridized carbons (Fsp3) is 0.867. The molecule has 0 amide bonds. The molecule has 106 valence electrons. The average molecular weight is 254 g/mol. The lowest BCUT2D eigenvalue weighted by molar-refractivity contribution is -0.0231. The van der Waals surface area contributed by atoms with Crippen LogP contribution >= 0.6 is 0 Å². The molecule has 0 saturated carbocycles. The minimum absolute atomic E-state index is 0.151. The first-order valence-corrected chi connectivity index (χ1v) is 7.25. The molecule has 1 unspecified atom stereocenters. The summed E-state index contributed by atoms with van der Waals surface area (Å²) in [6.07, 6.45) is 2.13. The van der Waals surface area contributed by atoms with Gasteiger partial charge >= 0.3 is 0 Å². The molecule has 3 nitrogen and oxygen atoms in total. The van der Waals surface area contributed by atoms with Gasteiger partial charge in [-0.05, 0) is 33.2 Å². The standard InChI is InChI=1S/C15H30N2O/c1-6-13(3)12-14(16-7-2)15(4,5)17-8-10-18-11-9-17/h14,16H,3,6-12H2,1-2,4-5H3. The van der Waals surface area contributed by atoms with Gasteiger partial charge < -0.3 is 10.1 Å². The Labute approximate surface area is 113 Å². The second-order valence-corrected chi connectivity index (χ2v) is 5.67. The topological polar surface area (TPSA) is 24.5 Å². The van der Waals surface area contributed by atoms with E-state index in [4.69, 9.17) is 4.74 Å². The lowest BCUT2D eigenvalue weighted by Crippen LogP contribution is -2.60. The molecule has 1 aliphatic heterocycles. The summed E-state index contributed by atoms with van der Waals surface area (Å²) in [4.78, 5) is 2.55. The van der Waals surface area contributed by atoms with Crippen molar-refractivity contribution in [2.45, 2.75) is 52.1 Å². The van der Waals surface area contributed by atoms with Crippen LogP contribution in [-0.4, -0.2) is 49.3 Å². The van der Waals surface area contributed by atoms with Crippen molar-refractivity contribution in [2.75, 3.05) is 32.8 Å². The summed E-state index contributed by atoms with van der Waals surface area (Å²) in [5.74, 6) is 0. The Kier molecular flexibility index (Phi) is 6.33. The Morgan fingerprint density at radius 3 is 2.44 bits per heavy atom. The van der Waals surface area contributed by atoms with E-state index < -0.39 is 0 Å². The highest BCUT2D eigenvalue weighted by atomic mass is 16.5. The first-order valence-electron chi connectivity index (χ1n) is 7.25. The molecular formula is C15H30N2O. The van der Waals surface area contributed by atoms with Crippen molar-refractivity contribution in [1.82, 2.24) is 10.2 Å². The second-order valence-electron chi connectivity index (χ2n) is 5.67. The quantitative estimate of drug-likeness (QED) is 0.706. The first-order chi connectivity index (χ1) is 8.52. The van der Waals surface area contributed by atoms with Gasteiger partial charge in [0.25, 0.3) is 0 Å². The summed E-state index contributed by atoms with van der Waals surface area (Å²) >= 11 is 0. The van der Waals surface area contributed by atoms with E-state index >= 15 is 0 Å². The molecule has 0 aromatic carbocycles. The fourth-order valence-electron chi connectivity index (χ4n) is 2.61. The van der Waals surface area contributed by atoms with Gasteiger partial charge in [-0.1, -0.05) is 26.0 Å². The van der Waals surface area contributed by atoms with E-state index in [9.17, 15) is 0 Å². The van der Waals surface area contributed by atoms with Crippen LogP contribution in [0.5, 0.6) is 0 Å². The molecule has 18 heavy (non-hydrogen) atoms. The molecule has 1 fully saturated rings. The van der Waals surface area contributed by atoms with E-state index in [1.165, 1.54) is 5.57 Å². The van der Waals surface area contributed by atoms with Crippen LogP contribution in [-0.2, 0) is 4.74 Å². The zero-order chi connectivity index (χ0) is 13.6. The van der Waals surface area contributed by atoms with Gasteiger partial charge in [-0.15, -0.1) is 0 Å². The third-order valence-electron chi connectivity index (χ3n) is 4.12. The minimum atomic E-state index is 0.151. The van der Waals surface area contributed by atoms with E-state index in [0.717, 1.165) is 45.7 Å². The maximum Gasteiger partial charge on any atom is 0.0594 e. The van der Waals surface area contributed by atoms with Crippen LogP contribution in [0.2, 0.25) is 0 Å². The van der Waals surface area contributed by atoms with Crippen LogP contribution < -0.4 is 5.32 Å². The number of rotatable bonds is 7. The SMILES string of the molecule is C=C(CC)CC(NCC)C(C)(C)N1CCOCC1. The second kappa shape index (κ2) is 7.27. The van der Waals surface area contributed by atoms with E-state index in [0.29, 0.717) is 6.04 Å². The highest BCUT2D eigenvalue weighted by Gasteiger charge is 2.35. The van der Waals surface area contributed by atoms with E-state index in [2.05, 4.69) is 44.5 Å². The Bertz CT molecular complexity index is 257. The third-order valence-corrected chi connectivity index (χ3v) is 4.12. The van der Waals surface area contributed by atoms with Crippen LogP contribution in [0.1, 0.15) is 40.5 Å². The molecule has 1 N–H and O–H groups in total. The minimum Gasteiger partial charge on any atom is -0.379 e. The predicted molar refractivity (Wildman–Crippen MR) is 78.0 cm³/mol. The van der Waals surface area contributed by atoms with E-state index in [1.807, 2.05) is 0 Å². The summed E-state index contributed by atoms with van der Waals surface area (Å²) in [5, 5.41) is 3.64. The van der Waals surface area contributed by atoms with Gasteiger partial charge in [0, 0.05) is 24.7 Å². The van der Waals surface area contributed by atoms with Crippen LogP contribution in [0.3, 0.4) is 0 Å². The summed E-state index contributed by atoms with van der Waals surface area (Å²) < 4.78 is 5.46. The van der Waals surface area contributed by atoms with Crippen molar-refractivity contribution < 1.29 is 4.74 Å². The number of hydrogen-bond acceptors (Lipinski definition) is 3. The summed E-state index contributed by atoms with van der Waals surface area (Å²) in [6, 6.07) is 0.466. The molecule has 1 aliphatic rings. The molecule has 1 saturated heterocycles. The predicted octanol–water partition coefficient (Wildman–Crippen LogP) is 2.43. The maximum atomic E-state index is 5.46. The number of nitrogens with one attached hydrogen (secondary N) is 1. The maximum absolute atomic E-state index is 5.46. The molecular weight excluding hydrogens is 224 g/mol. The lowest BCUT2D eigenvalue weighted by Gasteiger charge is -2.46. The fourth-order valence-corrected chi connectivity index (χ4v) is 2.61. The highest BCUT2D eigenvalue weighted by Crippen LogP contribution is 2.25. The van der Waals surface area contributed by atoms with Crippen molar-refractivity contribution in [3.05, 3.63) is 12.2 Å². The first kappa shape index (κ1) is 15.7. The van der Waals surface area contributed by atoms with Crippen molar-refractivity contribution in [3.63, 3.8) is 0 Å². The van der Waals surface area contributed by atoms with Crippen molar-refractivity contribution in [1.29, 1.82) is 0 Å². The number of likely N-dealkylation sites (N-methyl/N-ethyl adjacent to an activating group) is 1. The van der Waals surface area contributed by atoms with Gasteiger partial charge in [0.2, 0.25) is 0 Å². The van der Waals surface area contributed by atoms with Gasteiger partial charge in [-0.3, -0.25) is 4.90 Å². The van der Waals surface area contributed by atoms with Crippen LogP contribution in [0.4, 0.5) is 0 Å². The normalized spacial score (nSPS) is 19.8. The summed E-state index contributed by atoms with van der Waals surface area (Å²) in [6.45, 7) is 18.0. The van der Waals surface area contributed by atoms with Crippen molar-refractivity contribution in [3.8, 4) is 0 Å². The Balaban J connectivity index is 2.70. The smallest absolute Gasteiger partial charge is 0.0594 e. The van der Waals surface area contributed by atoms with Gasteiger partial charge in [-0.2, -0.15) is 0 Å². The van der Waals surface area contributed by atoms with E-state index in [1.54, 1.807) is 0 Å². The van der Waals surface area contributed by atoms with Gasteiger partial charge in [-0.25, -0.2) is 0 Å². The zero-order valence-electron chi connectivity index (χ0n) is 12.6. The van der Waals surface area contributed by atoms with Gasteiger partial charge in [0.05, 0.1) is 13.2 Å². The van der Waals surface area contributed by atoms with E-state index in [-0.39, 0.29) is 5.54 Å². The Hall–Kier alpha value is -0.380. The number of nitrogens with zero attached hydrogens (tertiary/aromatic N) is 1. The Morgan fingerprint density at radius 1 is 1.33 bits per heavy atom. The van der Waals surface area contributed by atoms with Crippen molar-refractivity contribution in [2.24, 2.45) is 0 Å². The molecule has 3 heteroatoms. The lowest BCUT2D eigenvalue weighted by atomic mass is 9.86. The zero-order valence-corrected chi connectivity index (χ0v) is 12.6. The van der Waals surface area contributed by atoms with Crippen LogP contribution in [0, 0.1) is 0 Å². The molecule has 1 heterocycles. The monoisotopic (exact) mass is 254 g/mol. The molecule has 1 rings (SSSR count). The molecule has 0 bridgehead atoms. The third kappa shape index (κ3) is 4.08. The van der Waals surface area contributed by atoms with Gasteiger partial charge in [0.15, 0.2) is 0 Å². The average Bonchev–Trinajstić information content (AvgIpc) is 2.39. The molecule has 1 atom stereocenters. The van der Waals surface area contributed by atoms with Crippen LogP contribution in [0.15, 0.2) is 12.2 Å². The Morgan fingerprint density at radius 2 is 1.94 bits per heavy atom.